The predicted molar refractivity (Wildman–Crippen MR) is 87.1 cm³/mol. The third-order valence-corrected chi connectivity index (χ3v) is 3.66. The van der Waals surface area contributed by atoms with Crippen LogP contribution in [0.15, 0.2) is 51.4 Å². The largest absolute Gasteiger partial charge is 0.483 e. The number of ether oxygens (including phenoxy) is 1. The highest BCUT2D eigenvalue weighted by molar-refractivity contribution is 9.11. The zero-order chi connectivity index (χ0) is 15.2. The number of nitriles is 1. The second-order valence-electron chi connectivity index (χ2n) is 4.10. The van der Waals surface area contributed by atoms with E-state index in [1.54, 1.807) is 30.3 Å². The molecule has 2 aromatic rings. The summed E-state index contributed by atoms with van der Waals surface area (Å²) in [4.78, 5) is 11.8. The summed E-state index contributed by atoms with van der Waals surface area (Å²) in [6, 6.07) is 14.1. The van der Waals surface area contributed by atoms with Gasteiger partial charge in [-0.1, -0.05) is 15.9 Å². The Morgan fingerprint density at radius 2 is 1.90 bits per heavy atom. The van der Waals surface area contributed by atoms with Gasteiger partial charge in [0.2, 0.25) is 0 Å². The molecule has 0 spiro atoms. The molecule has 106 valence electrons. The molecule has 0 aliphatic carbocycles. The van der Waals surface area contributed by atoms with Gasteiger partial charge in [0, 0.05) is 10.2 Å². The van der Waals surface area contributed by atoms with Crippen molar-refractivity contribution in [1.29, 1.82) is 5.26 Å². The van der Waals surface area contributed by atoms with Crippen molar-refractivity contribution in [3.05, 3.63) is 57.0 Å². The molecule has 2 aromatic carbocycles. The minimum Gasteiger partial charge on any atom is -0.483 e. The number of benzene rings is 2. The minimum atomic E-state index is -0.269. The highest BCUT2D eigenvalue weighted by atomic mass is 79.9. The van der Waals surface area contributed by atoms with Gasteiger partial charge >= 0.3 is 0 Å². The molecule has 1 amide bonds. The molecule has 0 radical (unpaired) electrons. The van der Waals surface area contributed by atoms with Crippen LogP contribution in [0.1, 0.15) is 5.56 Å². The SMILES string of the molecule is N#Cc1ccc(NC(=O)COc2ccc(Br)cc2Br)cc1. The summed E-state index contributed by atoms with van der Waals surface area (Å²) in [7, 11) is 0. The van der Waals surface area contributed by atoms with Gasteiger partial charge in [0.25, 0.3) is 5.91 Å². The highest BCUT2D eigenvalue weighted by Crippen LogP contribution is 2.28. The van der Waals surface area contributed by atoms with Crippen LogP contribution in [0.3, 0.4) is 0 Å². The first-order chi connectivity index (χ1) is 10.1. The van der Waals surface area contributed by atoms with Gasteiger partial charge in [-0.05, 0) is 58.4 Å². The standard InChI is InChI=1S/C15H10Br2N2O2/c16-11-3-6-14(13(17)7-11)21-9-15(20)19-12-4-1-10(8-18)2-5-12/h1-7H,9H2,(H,19,20). The molecule has 0 atom stereocenters. The molecule has 0 bridgehead atoms. The lowest BCUT2D eigenvalue weighted by Crippen LogP contribution is -2.20. The first-order valence-corrected chi connectivity index (χ1v) is 7.55. The Morgan fingerprint density at radius 1 is 1.19 bits per heavy atom. The number of anilines is 1. The van der Waals surface area contributed by atoms with Crippen LogP contribution in [0, 0.1) is 11.3 Å². The Labute approximate surface area is 139 Å². The van der Waals surface area contributed by atoms with Gasteiger partial charge < -0.3 is 10.1 Å². The summed E-state index contributed by atoms with van der Waals surface area (Å²) >= 11 is 6.71. The molecule has 0 aromatic heterocycles. The molecule has 0 unspecified atom stereocenters. The van der Waals surface area contributed by atoms with Gasteiger partial charge in [0.1, 0.15) is 5.75 Å². The van der Waals surface area contributed by atoms with Crippen LogP contribution >= 0.6 is 31.9 Å². The van der Waals surface area contributed by atoms with Gasteiger partial charge in [-0.15, -0.1) is 0 Å². The topological polar surface area (TPSA) is 62.1 Å². The van der Waals surface area contributed by atoms with E-state index in [-0.39, 0.29) is 12.5 Å². The lowest BCUT2D eigenvalue weighted by atomic mass is 10.2. The number of amides is 1. The molecular formula is C15H10Br2N2O2. The quantitative estimate of drug-likeness (QED) is 0.826. The third-order valence-electron chi connectivity index (χ3n) is 2.55. The van der Waals surface area contributed by atoms with E-state index in [1.807, 2.05) is 18.2 Å². The van der Waals surface area contributed by atoms with Crippen LogP contribution in [-0.2, 0) is 4.79 Å². The fourth-order valence-corrected chi connectivity index (χ4v) is 2.72. The van der Waals surface area contributed by atoms with Crippen LogP contribution < -0.4 is 10.1 Å². The van der Waals surface area contributed by atoms with Crippen molar-refractivity contribution in [2.75, 3.05) is 11.9 Å². The van der Waals surface area contributed by atoms with E-state index in [4.69, 9.17) is 10.00 Å². The summed E-state index contributed by atoms with van der Waals surface area (Å²) in [6.45, 7) is -0.0970. The number of carbonyl (C=O) groups is 1. The average Bonchev–Trinajstić information content (AvgIpc) is 2.47. The Bertz CT molecular complexity index is 694. The molecular weight excluding hydrogens is 400 g/mol. The van der Waals surface area contributed by atoms with Crippen molar-refractivity contribution in [2.45, 2.75) is 0 Å². The third kappa shape index (κ3) is 4.59. The van der Waals surface area contributed by atoms with Crippen molar-refractivity contribution in [3.63, 3.8) is 0 Å². The lowest BCUT2D eigenvalue weighted by Gasteiger charge is -2.09. The maximum absolute atomic E-state index is 11.8. The van der Waals surface area contributed by atoms with E-state index in [1.165, 1.54) is 0 Å². The van der Waals surface area contributed by atoms with Gasteiger partial charge in [-0.25, -0.2) is 0 Å². The fourth-order valence-electron chi connectivity index (χ4n) is 1.56. The molecule has 0 saturated carbocycles. The normalized spacial score (nSPS) is 9.76. The monoisotopic (exact) mass is 408 g/mol. The molecule has 0 heterocycles. The first-order valence-electron chi connectivity index (χ1n) is 5.96. The molecule has 21 heavy (non-hydrogen) atoms. The summed E-state index contributed by atoms with van der Waals surface area (Å²) < 4.78 is 7.13. The van der Waals surface area contributed by atoms with E-state index in [0.717, 1.165) is 8.95 Å². The number of nitrogens with zero attached hydrogens (tertiary/aromatic N) is 1. The van der Waals surface area contributed by atoms with E-state index < -0.39 is 0 Å². The summed E-state index contributed by atoms with van der Waals surface area (Å²) in [5, 5.41) is 11.4. The zero-order valence-corrected chi connectivity index (χ0v) is 13.9. The number of nitrogens with one attached hydrogen (secondary N) is 1. The predicted octanol–water partition coefficient (Wildman–Crippen LogP) is 4.10. The fraction of sp³-hybridized carbons (Fsp3) is 0.0667. The maximum Gasteiger partial charge on any atom is 0.262 e. The molecule has 0 aliphatic heterocycles. The van der Waals surface area contributed by atoms with Gasteiger partial charge in [-0.2, -0.15) is 5.26 Å². The van der Waals surface area contributed by atoms with Gasteiger partial charge in [-0.3, -0.25) is 4.79 Å². The molecule has 0 fully saturated rings. The van der Waals surface area contributed by atoms with Crippen molar-refractivity contribution in [3.8, 4) is 11.8 Å². The summed E-state index contributed by atoms with van der Waals surface area (Å²) in [6.07, 6.45) is 0. The Morgan fingerprint density at radius 3 is 2.52 bits per heavy atom. The van der Waals surface area contributed by atoms with Crippen molar-refractivity contribution in [1.82, 2.24) is 0 Å². The second-order valence-corrected chi connectivity index (χ2v) is 5.87. The smallest absolute Gasteiger partial charge is 0.262 e. The molecule has 0 aliphatic rings. The minimum absolute atomic E-state index is 0.0970. The van der Waals surface area contributed by atoms with Crippen LogP contribution in [0.25, 0.3) is 0 Å². The van der Waals surface area contributed by atoms with Crippen LogP contribution in [0.4, 0.5) is 5.69 Å². The van der Waals surface area contributed by atoms with Gasteiger partial charge in [0.15, 0.2) is 6.61 Å². The molecule has 6 heteroatoms. The van der Waals surface area contributed by atoms with E-state index in [0.29, 0.717) is 17.0 Å². The molecule has 1 N–H and O–H groups in total. The lowest BCUT2D eigenvalue weighted by molar-refractivity contribution is -0.118. The van der Waals surface area contributed by atoms with Crippen LogP contribution in [0.5, 0.6) is 5.75 Å². The van der Waals surface area contributed by atoms with Crippen molar-refractivity contribution >= 4 is 43.5 Å². The number of rotatable bonds is 4. The van der Waals surface area contributed by atoms with Gasteiger partial charge in [0.05, 0.1) is 16.1 Å². The van der Waals surface area contributed by atoms with Crippen LogP contribution in [0.2, 0.25) is 0 Å². The number of carbonyl (C=O) groups excluding carboxylic acids is 1. The van der Waals surface area contributed by atoms with E-state index in [2.05, 4.69) is 37.2 Å². The molecule has 4 nitrogen and oxygen atoms in total. The van der Waals surface area contributed by atoms with E-state index >= 15 is 0 Å². The molecule has 0 saturated heterocycles. The van der Waals surface area contributed by atoms with Crippen LogP contribution in [-0.4, -0.2) is 12.5 Å². The Hall–Kier alpha value is -1.84. The summed E-state index contributed by atoms with van der Waals surface area (Å²) in [5.41, 5.74) is 1.17. The van der Waals surface area contributed by atoms with E-state index in [9.17, 15) is 4.79 Å². The average molecular weight is 410 g/mol. The number of hydrogen-bond acceptors (Lipinski definition) is 3. The molecule has 2 rings (SSSR count). The maximum atomic E-state index is 11.8. The van der Waals surface area contributed by atoms with Crippen molar-refractivity contribution < 1.29 is 9.53 Å². The number of hydrogen-bond donors (Lipinski definition) is 1. The zero-order valence-electron chi connectivity index (χ0n) is 10.8. The Kier molecular flexibility index (Phi) is 5.37. The summed E-state index contributed by atoms with van der Waals surface area (Å²) in [5.74, 6) is 0.322. The van der Waals surface area contributed by atoms with Crippen molar-refractivity contribution in [2.24, 2.45) is 0 Å². The first kappa shape index (κ1) is 15.5. The highest BCUT2D eigenvalue weighted by Gasteiger charge is 2.06. The second kappa shape index (κ2) is 7.25. The Balaban J connectivity index is 1.91. The number of halogens is 2.